The minimum atomic E-state index is -0.338. The predicted octanol–water partition coefficient (Wildman–Crippen LogP) is 3.69. The zero-order valence-corrected chi connectivity index (χ0v) is 11.0. The van der Waals surface area contributed by atoms with E-state index in [1.807, 2.05) is 42.5 Å². The Labute approximate surface area is 116 Å². The van der Waals surface area contributed by atoms with Gasteiger partial charge in [0.05, 0.1) is 12.7 Å². The van der Waals surface area contributed by atoms with Crippen molar-refractivity contribution in [2.75, 3.05) is 7.11 Å². The maximum Gasteiger partial charge on any atom is 0.338 e. The van der Waals surface area contributed by atoms with Crippen molar-refractivity contribution in [2.24, 2.45) is 0 Å². The van der Waals surface area contributed by atoms with Crippen LogP contribution in [0.25, 0.3) is 21.9 Å². The zero-order valence-electron chi connectivity index (χ0n) is 11.0. The standard InChI is InChI=1S/C17H13NO2/c1-20-17(19)15-9-8-12-5-2-3-7-14(12)16(15)13-6-4-10-18-11-13/h2-11H,1H3. The predicted molar refractivity (Wildman–Crippen MR) is 78.5 cm³/mol. The molecule has 0 unspecified atom stereocenters. The van der Waals surface area contributed by atoms with Gasteiger partial charge < -0.3 is 4.74 Å². The smallest absolute Gasteiger partial charge is 0.338 e. The summed E-state index contributed by atoms with van der Waals surface area (Å²) in [7, 11) is 1.39. The molecule has 1 aromatic heterocycles. The van der Waals surface area contributed by atoms with Crippen LogP contribution < -0.4 is 0 Å². The highest BCUT2D eigenvalue weighted by molar-refractivity contribution is 6.08. The van der Waals surface area contributed by atoms with Crippen LogP contribution in [0.5, 0.6) is 0 Å². The molecule has 0 bridgehead atoms. The number of esters is 1. The fourth-order valence-corrected chi connectivity index (χ4v) is 2.37. The Kier molecular flexibility index (Phi) is 3.17. The lowest BCUT2D eigenvalue weighted by Crippen LogP contribution is -2.04. The number of methoxy groups -OCH3 is 1. The average Bonchev–Trinajstić information content (AvgIpc) is 2.53. The number of aromatic nitrogens is 1. The number of ether oxygens (including phenoxy) is 1. The Morgan fingerprint density at radius 1 is 1.05 bits per heavy atom. The number of benzene rings is 2. The van der Waals surface area contributed by atoms with Gasteiger partial charge in [-0.15, -0.1) is 0 Å². The Hall–Kier alpha value is -2.68. The summed E-state index contributed by atoms with van der Waals surface area (Å²) in [6, 6.07) is 15.5. The molecular weight excluding hydrogens is 250 g/mol. The van der Waals surface area contributed by atoms with Crippen molar-refractivity contribution in [3.05, 3.63) is 66.5 Å². The zero-order chi connectivity index (χ0) is 13.9. The molecule has 3 aromatic rings. The van der Waals surface area contributed by atoms with Crippen LogP contribution in [0, 0.1) is 0 Å². The fraction of sp³-hybridized carbons (Fsp3) is 0.0588. The van der Waals surface area contributed by atoms with Crippen molar-refractivity contribution < 1.29 is 9.53 Å². The van der Waals surface area contributed by atoms with Gasteiger partial charge in [0.2, 0.25) is 0 Å². The summed E-state index contributed by atoms with van der Waals surface area (Å²) in [4.78, 5) is 16.2. The molecule has 3 nitrogen and oxygen atoms in total. The molecule has 0 saturated carbocycles. The third kappa shape index (κ3) is 2.03. The molecular formula is C17H13NO2. The van der Waals surface area contributed by atoms with E-state index in [0.29, 0.717) is 5.56 Å². The second-order valence-corrected chi connectivity index (χ2v) is 4.44. The number of rotatable bonds is 2. The molecule has 3 rings (SSSR count). The van der Waals surface area contributed by atoms with Crippen LogP contribution in [0.1, 0.15) is 10.4 Å². The van der Waals surface area contributed by atoms with Crippen molar-refractivity contribution in [1.29, 1.82) is 0 Å². The van der Waals surface area contributed by atoms with Gasteiger partial charge in [0, 0.05) is 23.5 Å². The molecule has 0 amide bonds. The molecule has 0 radical (unpaired) electrons. The molecule has 2 aromatic carbocycles. The van der Waals surface area contributed by atoms with Gasteiger partial charge in [-0.3, -0.25) is 4.98 Å². The monoisotopic (exact) mass is 263 g/mol. The highest BCUT2D eigenvalue weighted by atomic mass is 16.5. The molecule has 0 atom stereocenters. The Bertz CT molecular complexity index is 766. The summed E-state index contributed by atoms with van der Waals surface area (Å²) in [6.45, 7) is 0. The van der Waals surface area contributed by atoms with Gasteiger partial charge in [0.1, 0.15) is 0 Å². The molecule has 0 aliphatic rings. The van der Waals surface area contributed by atoms with E-state index in [9.17, 15) is 4.79 Å². The van der Waals surface area contributed by atoms with Gasteiger partial charge in [0.25, 0.3) is 0 Å². The number of pyridine rings is 1. The molecule has 0 spiro atoms. The first kappa shape index (κ1) is 12.4. The Morgan fingerprint density at radius 2 is 1.90 bits per heavy atom. The van der Waals surface area contributed by atoms with E-state index in [0.717, 1.165) is 21.9 Å². The van der Waals surface area contributed by atoms with Crippen LogP contribution in [-0.2, 0) is 4.74 Å². The number of nitrogens with zero attached hydrogens (tertiary/aromatic N) is 1. The summed E-state index contributed by atoms with van der Waals surface area (Å²) in [6.07, 6.45) is 3.47. The number of fused-ring (bicyclic) bond motifs is 1. The molecule has 0 aliphatic heterocycles. The van der Waals surface area contributed by atoms with E-state index < -0.39 is 0 Å². The van der Waals surface area contributed by atoms with Gasteiger partial charge in [-0.2, -0.15) is 0 Å². The van der Waals surface area contributed by atoms with Crippen molar-refractivity contribution in [2.45, 2.75) is 0 Å². The first-order valence-corrected chi connectivity index (χ1v) is 6.31. The van der Waals surface area contributed by atoms with Crippen LogP contribution in [0.3, 0.4) is 0 Å². The lowest BCUT2D eigenvalue weighted by molar-refractivity contribution is 0.0602. The Morgan fingerprint density at radius 3 is 2.65 bits per heavy atom. The van der Waals surface area contributed by atoms with Gasteiger partial charge in [0.15, 0.2) is 0 Å². The van der Waals surface area contributed by atoms with Crippen molar-refractivity contribution in [3.63, 3.8) is 0 Å². The van der Waals surface area contributed by atoms with Gasteiger partial charge in [-0.05, 0) is 22.9 Å². The largest absolute Gasteiger partial charge is 0.465 e. The minimum absolute atomic E-state index is 0.338. The minimum Gasteiger partial charge on any atom is -0.465 e. The van der Waals surface area contributed by atoms with E-state index in [1.165, 1.54) is 7.11 Å². The molecule has 20 heavy (non-hydrogen) atoms. The number of carbonyl (C=O) groups excluding carboxylic acids is 1. The molecule has 0 aliphatic carbocycles. The van der Waals surface area contributed by atoms with Crippen LogP contribution >= 0.6 is 0 Å². The fourth-order valence-electron chi connectivity index (χ4n) is 2.37. The molecule has 1 heterocycles. The van der Waals surface area contributed by atoms with Gasteiger partial charge in [-0.1, -0.05) is 36.4 Å². The second-order valence-electron chi connectivity index (χ2n) is 4.44. The van der Waals surface area contributed by atoms with Gasteiger partial charge >= 0.3 is 5.97 Å². The summed E-state index contributed by atoms with van der Waals surface area (Å²) in [5.74, 6) is -0.338. The summed E-state index contributed by atoms with van der Waals surface area (Å²) in [5, 5.41) is 2.10. The summed E-state index contributed by atoms with van der Waals surface area (Å²) >= 11 is 0. The highest BCUT2D eigenvalue weighted by Crippen LogP contribution is 2.32. The molecule has 0 saturated heterocycles. The SMILES string of the molecule is COC(=O)c1ccc2ccccc2c1-c1cccnc1. The van der Waals surface area contributed by atoms with E-state index in [2.05, 4.69) is 4.98 Å². The van der Waals surface area contributed by atoms with E-state index >= 15 is 0 Å². The van der Waals surface area contributed by atoms with Crippen molar-refractivity contribution >= 4 is 16.7 Å². The summed E-state index contributed by atoms with van der Waals surface area (Å²) < 4.78 is 4.89. The Balaban J connectivity index is 2.38. The van der Waals surface area contributed by atoms with E-state index in [-0.39, 0.29) is 5.97 Å². The first-order chi connectivity index (χ1) is 9.81. The van der Waals surface area contributed by atoms with Crippen molar-refractivity contribution in [3.8, 4) is 11.1 Å². The highest BCUT2D eigenvalue weighted by Gasteiger charge is 2.16. The quantitative estimate of drug-likeness (QED) is 0.662. The summed E-state index contributed by atoms with van der Waals surface area (Å²) in [5.41, 5.74) is 2.33. The second kappa shape index (κ2) is 5.13. The molecule has 98 valence electrons. The lowest BCUT2D eigenvalue weighted by atomic mass is 9.94. The topological polar surface area (TPSA) is 39.2 Å². The van der Waals surface area contributed by atoms with E-state index in [4.69, 9.17) is 4.74 Å². The third-order valence-corrected chi connectivity index (χ3v) is 3.28. The lowest BCUT2D eigenvalue weighted by Gasteiger charge is -2.11. The van der Waals surface area contributed by atoms with E-state index in [1.54, 1.807) is 18.5 Å². The van der Waals surface area contributed by atoms with Crippen LogP contribution in [0.2, 0.25) is 0 Å². The molecule has 0 fully saturated rings. The molecule has 0 N–H and O–H groups in total. The van der Waals surface area contributed by atoms with Crippen molar-refractivity contribution in [1.82, 2.24) is 4.98 Å². The van der Waals surface area contributed by atoms with Crippen LogP contribution in [0.15, 0.2) is 60.9 Å². The maximum absolute atomic E-state index is 12.0. The number of carbonyl (C=O) groups is 1. The van der Waals surface area contributed by atoms with Crippen LogP contribution in [-0.4, -0.2) is 18.1 Å². The van der Waals surface area contributed by atoms with Gasteiger partial charge in [-0.25, -0.2) is 4.79 Å². The average molecular weight is 263 g/mol. The third-order valence-electron chi connectivity index (χ3n) is 3.28. The van der Waals surface area contributed by atoms with Crippen LogP contribution in [0.4, 0.5) is 0 Å². The number of hydrogen-bond donors (Lipinski definition) is 0. The number of hydrogen-bond acceptors (Lipinski definition) is 3. The normalized spacial score (nSPS) is 10.4. The first-order valence-electron chi connectivity index (χ1n) is 6.31. The molecule has 3 heteroatoms. The maximum atomic E-state index is 12.0.